The summed E-state index contributed by atoms with van der Waals surface area (Å²) in [6, 6.07) is 26.7. The zero-order chi connectivity index (χ0) is 25.5. The quantitative estimate of drug-likeness (QED) is 0.117. The highest BCUT2D eigenvalue weighted by atomic mass is 28.2. The van der Waals surface area contributed by atoms with Crippen LogP contribution in [0.5, 0.6) is 0 Å². The predicted molar refractivity (Wildman–Crippen MR) is 167 cm³/mol. The van der Waals surface area contributed by atoms with Crippen molar-refractivity contribution in [2.24, 2.45) is 0 Å². The fourth-order valence-electron chi connectivity index (χ4n) is 4.68. The van der Waals surface area contributed by atoms with Gasteiger partial charge in [-0.2, -0.15) is 0 Å². The van der Waals surface area contributed by atoms with E-state index < -0.39 is 19.0 Å². The van der Waals surface area contributed by atoms with Gasteiger partial charge in [-0.25, -0.2) is 0 Å². The van der Waals surface area contributed by atoms with Crippen molar-refractivity contribution in [3.8, 4) is 22.9 Å². The molecule has 0 unspecified atom stereocenters. The van der Waals surface area contributed by atoms with Gasteiger partial charge in [0.1, 0.15) is 19.0 Å². The largest absolute Gasteiger partial charge is 0.134 e. The van der Waals surface area contributed by atoms with Gasteiger partial charge >= 0.3 is 0 Å². The van der Waals surface area contributed by atoms with Crippen LogP contribution >= 0.6 is 0 Å². The summed E-state index contributed by atoms with van der Waals surface area (Å²) in [7, 11) is -1.04. The van der Waals surface area contributed by atoms with Gasteiger partial charge in [0.05, 0.1) is 0 Å². The Morgan fingerprint density at radius 2 is 0.861 bits per heavy atom. The van der Waals surface area contributed by atoms with Crippen LogP contribution in [0.3, 0.4) is 0 Å². The van der Waals surface area contributed by atoms with Crippen LogP contribution in [-0.4, -0.2) is 19.0 Å². The Balaban J connectivity index is 1.88. The third kappa shape index (κ3) is 5.12. The first-order valence-electron chi connectivity index (χ1n) is 12.9. The van der Waals surface area contributed by atoms with Gasteiger partial charge in [-0.05, 0) is 77.4 Å². The van der Waals surface area contributed by atoms with Crippen molar-refractivity contribution in [1.82, 2.24) is 0 Å². The molecule has 178 valence electrons. The monoisotopic (exact) mass is 498 g/mol. The molecule has 5 aromatic rings. The van der Waals surface area contributed by atoms with Gasteiger partial charge < -0.3 is 0 Å². The molecule has 0 spiro atoms. The molecule has 0 aliphatic carbocycles. The Bertz CT molecular complexity index is 1620. The van der Waals surface area contributed by atoms with E-state index in [1.165, 1.54) is 43.1 Å². The van der Waals surface area contributed by atoms with Crippen molar-refractivity contribution in [3.05, 3.63) is 83.9 Å². The molecule has 2 heteroatoms. The van der Waals surface area contributed by atoms with Gasteiger partial charge in [0.2, 0.25) is 0 Å². The van der Waals surface area contributed by atoms with Gasteiger partial charge in [0, 0.05) is 11.1 Å². The van der Waals surface area contributed by atoms with Crippen LogP contribution in [0.25, 0.3) is 43.1 Å². The van der Waals surface area contributed by atoms with E-state index >= 15 is 0 Å². The molecule has 0 bridgehead atoms. The molecule has 0 atom stereocenters. The summed E-state index contributed by atoms with van der Waals surface area (Å²) in [6.45, 7) is 13.8. The first-order chi connectivity index (χ1) is 17.1. The van der Waals surface area contributed by atoms with Crippen LogP contribution in [-0.2, 0) is 0 Å². The molecule has 5 rings (SSSR count). The van der Waals surface area contributed by atoms with E-state index in [9.17, 15) is 0 Å². The van der Waals surface area contributed by atoms with Gasteiger partial charge in [0.15, 0.2) is 0 Å². The summed E-state index contributed by atoms with van der Waals surface area (Å²) in [5.41, 5.74) is 9.61. The lowest BCUT2D eigenvalue weighted by Gasteiger charge is -2.14. The maximum absolute atomic E-state index is 3.67. The maximum Gasteiger partial charge on any atom is 0.112 e. The zero-order valence-corrected chi connectivity index (χ0v) is 25.2. The predicted octanol–water partition coefficient (Wildman–Crippen LogP) is 7.69. The molecule has 0 heterocycles. The average molecular weight is 499 g/mol. The molecule has 0 radical (unpaired) electrons. The lowest BCUT2D eigenvalue weighted by atomic mass is 9.90. The normalized spacial score (nSPS) is 12.6. The van der Waals surface area contributed by atoms with Crippen LogP contribution in [0, 0.1) is 22.9 Å². The van der Waals surface area contributed by atoms with E-state index in [0.717, 1.165) is 11.1 Å². The zero-order valence-electron chi connectivity index (χ0n) is 22.3. The smallest absolute Gasteiger partial charge is 0.112 e. The Kier molecular flexibility index (Phi) is 6.29. The van der Waals surface area contributed by atoms with Crippen molar-refractivity contribution in [2.45, 2.75) is 51.6 Å². The van der Waals surface area contributed by atoms with E-state index in [2.05, 4.69) is 137 Å². The number of fused-ring (bicyclic) bond motifs is 4. The second kappa shape index (κ2) is 9.29. The second-order valence-electron chi connectivity index (χ2n) is 12.3. The van der Waals surface area contributed by atoms with Crippen molar-refractivity contribution in [1.29, 1.82) is 0 Å². The molecule has 0 N–H and O–H groups in total. The minimum absolute atomic E-state index is 0.313. The SMILES string of the molecule is CC(C)(C)[SiH2]C#Cc1c2ccccc2c(C#C[SiH2]C(C)(C)C)c2cc3cc4ccccc4cc3cc12. The molecule has 36 heavy (non-hydrogen) atoms. The molecule has 5 aromatic carbocycles. The molecule has 0 fully saturated rings. The summed E-state index contributed by atoms with van der Waals surface area (Å²) in [5.74, 6) is 7.34. The van der Waals surface area contributed by atoms with Crippen LogP contribution < -0.4 is 0 Å². The molecule has 0 aliphatic heterocycles. The number of hydrogen-bond donors (Lipinski definition) is 0. The topological polar surface area (TPSA) is 0 Å². The van der Waals surface area contributed by atoms with Crippen LogP contribution in [0.4, 0.5) is 0 Å². The second-order valence-corrected chi connectivity index (χ2v) is 18.0. The lowest BCUT2D eigenvalue weighted by Crippen LogP contribution is -2.05. The number of benzene rings is 5. The standard InChI is InChI=1S/C34H34Si2/c1-33(2,3)35-17-15-29-27-13-9-10-14-28(27)30(16-18-36-34(4,5)6)32-22-26-20-24-12-8-7-11-23(24)19-25(26)21-31(29)32/h7-14,19-22H,35-36H2,1-6H3. The summed E-state index contributed by atoms with van der Waals surface area (Å²) in [5, 5.41) is 10.6. The third-order valence-corrected chi connectivity index (χ3v) is 9.34. The van der Waals surface area contributed by atoms with Crippen molar-refractivity contribution in [2.75, 3.05) is 0 Å². The van der Waals surface area contributed by atoms with Gasteiger partial charge in [-0.1, -0.05) is 102 Å². The summed E-state index contributed by atoms with van der Waals surface area (Å²) < 4.78 is 0. The van der Waals surface area contributed by atoms with Gasteiger partial charge in [-0.3, -0.25) is 0 Å². The fraction of sp³-hybridized carbons (Fsp3) is 0.235. The van der Waals surface area contributed by atoms with E-state index in [1.54, 1.807) is 0 Å². The number of hydrogen-bond acceptors (Lipinski definition) is 0. The highest BCUT2D eigenvalue weighted by Crippen LogP contribution is 2.36. The minimum Gasteiger partial charge on any atom is -0.134 e. The lowest BCUT2D eigenvalue weighted by molar-refractivity contribution is 0.760. The Hall–Kier alpha value is -3.31. The highest BCUT2D eigenvalue weighted by molar-refractivity contribution is 6.50. The van der Waals surface area contributed by atoms with Gasteiger partial charge in [0.25, 0.3) is 0 Å². The van der Waals surface area contributed by atoms with Crippen molar-refractivity contribution in [3.63, 3.8) is 0 Å². The third-order valence-electron chi connectivity index (χ3n) is 6.51. The summed E-state index contributed by atoms with van der Waals surface area (Å²) >= 11 is 0. The molecule has 0 saturated carbocycles. The molecular formula is C34H34Si2. The molecule has 0 nitrogen and oxygen atoms in total. The fourth-order valence-corrected chi connectivity index (χ4v) is 6.27. The van der Waals surface area contributed by atoms with Crippen molar-refractivity contribution >= 4 is 62.1 Å². The minimum atomic E-state index is -0.518. The summed E-state index contributed by atoms with van der Waals surface area (Å²) in [6.07, 6.45) is 0. The van der Waals surface area contributed by atoms with Crippen LogP contribution in [0.1, 0.15) is 52.7 Å². The van der Waals surface area contributed by atoms with E-state index in [-0.39, 0.29) is 0 Å². The highest BCUT2D eigenvalue weighted by Gasteiger charge is 2.15. The van der Waals surface area contributed by atoms with E-state index in [4.69, 9.17) is 0 Å². The Morgan fingerprint density at radius 1 is 0.472 bits per heavy atom. The average Bonchev–Trinajstić information content (AvgIpc) is 2.81. The van der Waals surface area contributed by atoms with Crippen LogP contribution in [0.2, 0.25) is 10.1 Å². The first-order valence-corrected chi connectivity index (χ1v) is 15.7. The summed E-state index contributed by atoms with van der Waals surface area (Å²) in [4.78, 5) is 0. The molecule has 0 aliphatic rings. The molecule has 0 aromatic heterocycles. The molecule has 0 saturated heterocycles. The van der Waals surface area contributed by atoms with Gasteiger partial charge in [-0.15, -0.1) is 11.1 Å². The maximum atomic E-state index is 3.67. The Morgan fingerprint density at radius 3 is 1.25 bits per heavy atom. The molecular weight excluding hydrogens is 465 g/mol. The Labute approximate surface area is 220 Å². The van der Waals surface area contributed by atoms with E-state index in [0.29, 0.717) is 10.1 Å². The van der Waals surface area contributed by atoms with Crippen molar-refractivity contribution < 1.29 is 0 Å². The van der Waals surface area contributed by atoms with E-state index in [1.807, 2.05) is 0 Å². The number of rotatable bonds is 0. The first kappa shape index (κ1) is 24.4. The van der Waals surface area contributed by atoms with Crippen LogP contribution in [0.15, 0.2) is 72.8 Å². The molecule has 0 amide bonds.